The maximum atomic E-state index is 12.8. The Morgan fingerprint density at radius 2 is 1.97 bits per heavy atom. The van der Waals surface area contributed by atoms with Gasteiger partial charge in [0.15, 0.2) is 0 Å². The Kier molecular flexibility index (Phi) is 6.53. The number of anilines is 1. The maximum Gasteiger partial charge on any atom is 0.295 e. The first-order chi connectivity index (χ1) is 13.9. The van der Waals surface area contributed by atoms with Crippen LogP contribution >= 0.6 is 11.8 Å². The van der Waals surface area contributed by atoms with Crippen molar-refractivity contribution < 1.29 is 4.79 Å². The zero-order valence-electron chi connectivity index (χ0n) is 17.0. The Hall–Kier alpha value is -2.88. The molecule has 0 saturated carbocycles. The summed E-state index contributed by atoms with van der Waals surface area (Å²) < 4.78 is 5.02. The molecule has 0 saturated heterocycles. The molecule has 0 bridgehead atoms. The van der Waals surface area contributed by atoms with E-state index in [2.05, 4.69) is 34.7 Å². The van der Waals surface area contributed by atoms with Crippen molar-refractivity contribution in [3.63, 3.8) is 0 Å². The Morgan fingerprint density at radius 3 is 2.66 bits per heavy atom. The van der Waals surface area contributed by atoms with E-state index in [1.807, 2.05) is 37.3 Å². The molecule has 1 aromatic carbocycles. The van der Waals surface area contributed by atoms with E-state index in [0.29, 0.717) is 28.2 Å². The van der Waals surface area contributed by atoms with Gasteiger partial charge < -0.3 is 5.32 Å². The first-order valence-electron chi connectivity index (χ1n) is 9.41. The standard InChI is InChI=1S/C19H25N7O2S/c1-13(2)12-25-19(21-22-23-25)29-11-10-16(27)20-17-14(3)24(4)26(18(17)28)15-8-6-5-7-9-15/h5-9,13H,10-12H2,1-4H3,(H,20,27). The van der Waals surface area contributed by atoms with Crippen molar-refractivity contribution in [2.45, 2.75) is 38.9 Å². The molecule has 9 nitrogen and oxygen atoms in total. The number of carbonyl (C=O) groups excluding carboxylic acids is 1. The molecule has 2 heterocycles. The van der Waals surface area contributed by atoms with Crippen molar-refractivity contribution >= 4 is 23.4 Å². The van der Waals surface area contributed by atoms with Crippen LogP contribution in [-0.4, -0.2) is 41.2 Å². The van der Waals surface area contributed by atoms with E-state index in [0.717, 1.165) is 12.2 Å². The zero-order valence-corrected chi connectivity index (χ0v) is 17.8. The number of hydrogen-bond donors (Lipinski definition) is 1. The number of carbonyl (C=O) groups is 1. The zero-order chi connectivity index (χ0) is 21.0. The second kappa shape index (κ2) is 9.08. The lowest BCUT2D eigenvalue weighted by Gasteiger charge is -2.07. The van der Waals surface area contributed by atoms with Gasteiger partial charge in [0.2, 0.25) is 11.1 Å². The first-order valence-corrected chi connectivity index (χ1v) is 10.4. The normalized spacial score (nSPS) is 11.2. The number of aromatic nitrogens is 6. The summed E-state index contributed by atoms with van der Waals surface area (Å²) in [4.78, 5) is 25.3. The molecule has 3 rings (SSSR count). The summed E-state index contributed by atoms with van der Waals surface area (Å²) in [5.74, 6) is 0.726. The van der Waals surface area contributed by atoms with Crippen LogP contribution in [0.4, 0.5) is 5.69 Å². The molecule has 0 fully saturated rings. The average molecular weight is 416 g/mol. The minimum absolute atomic E-state index is 0.216. The van der Waals surface area contributed by atoms with E-state index < -0.39 is 0 Å². The van der Waals surface area contributed by atoms with Crippen LogP contribution in [-0.2, 0) is 18.4 Å². The summed E-state index contributed by atoms with van der Waals surface area (Å²) in [6.07, 6.45) is 0.248. The fraction of sp³-hybridized carbons (Fsp3) is 0.421. The Balaban J connectivity index is 1.65. The fourth-order valence-corrected chi connectivity index (χ4v) is 3.73. The molecule has 2 aromatic heterocycles. The molecule has 0 aliphatic carbocycles. The summed E-state index contributed by atoms with van der Waals surface area (Å²) in [7, 11) is 1.80. The van der Waals surface area contributed by atoms with Crippen LogP contribution in [0.15, 0.2) is 40.3 Å². The highest BCUT2D eigenvalue weighted by atomic mass is 32.2. The fourth-order valence-electron chi connectivity index (χ4n) is 2.91. The summed E-state index contributed by atoms with van der Waals surface area (Å²) in [6, 6.07) is 9.33. The SMILES string of the molecule is Cc1c(NC(=O)CCSc2nnnn2CC(C)C)c(=O)n(-c2ccccc2)n1C. The molecule has 0 unspecified atom stereocenters. The molecular formula is C19H25N7O2S. The van der Waals surface area contributed by atoms with Gasteiger partial charge in [0, 0.05) is 25.8 Å². The van der Waals surface area contributed by atoms with Crippen LogP contribution in [0.1, 0.15) is 26.0 Å². The molecule has 0 radical (unpaired) electrons. The van der Waals surface area contributed by atoms with Crippen LogP contribution < -0.4 is 10.9 Å². The molecule has 0 spiro atoms. The van der Waals surface area contributed by atoms with Crippen LogP contribution in [0, 0.1) is 12.8 Å². The minimum Gasteiger partial charge on any atom is -0.320 e. The number of tetrazole rings is 1. The van der Waals surface area contributed by atoms with Crippen molar-refractivity contribution in [1.29, 1.82) is 0 Å². The summed E-state index contributed by atoms with van der Waals surface area (Å²) in [5, 5.41) is 15.1. The molecule has 0 aliphatic heterocycles. The predicted octanol–water partition coefficient (Wildman–Crippen LogP) is 2.25. The highest BCUT2D eigenvalue weighted by Crippen LogP contribution is 2.17. The molecule has 0 aliphatic rings. The van der Waals surface area contributed by atoms with E-state index in [-0.39, 0.29) is 17.9 Å². The number of rotatable bonds is 8. The molecule has 0 atom stereocenters. The molecule has 10 heteroatoms. The highest BCUT2D eigenvalue weighted by Gasteiger charge is 2.18. The van der Waals surface area contributed by atoms with Crippen LogP contribution in [0.2, 0.25) is 0 Å². The summed E-state index contributed by atoms with van der Waals surface area (Å²) >= 11 is 1.43. The van der Waals surface area contributed by atoms with Gasteiger partial charge in [-0.3, -0.25) is 14.3 Å². The monoisotopic (exact) mass is 415 g/mol. The third-order valence-electron chi connectivity index (χ3n) is 4.42. The molecule has 1 N–H and O–H groups in total. The van der Waals surface area contributed by atoms with Gasteiger partial charge in [0.1, 0.15) is 5.69 Å². The highest BCUT2D eigenvalue weighted by molar-refractivity contribution is 7.99. The van der Waals surface area contributed by atoms with E-state index in [9.17, 15) is 9.59 Å². The quantitative estimate of drug-likeness (QED) is 0.567. The Morgan fingerprint density at radius 1 is 1.24 bits per heavy atom. The van der Waals surface area contributed by atoms with Crippen LogP contribution in [0.25, 0.3) is 5.69 Å². The Bertz CT molecular complexity index is 1040. The topological polar surface area (TPSA) is 99.6 Å². The van der Waals surface area contributed by atoms with E-state index in [1.165, 1.54) is 11.8 Å². The predicted molar refractivity (Wildman–Crippen MR) is 112 cm³/mol. The molecule has 29 heavy (non-hydrogen) atoms. The van der Waals surface area contributed by atoms with Crippen LogP contribution in [0.3, 0.4) is 0 Å². The second-order valence-electron chi connectivity index (χ2n) is 7.12. The van der Waals surface area contributed by atoms with Crippen molar-refractivity contribution in [2.24, 2.45) is 13.0 Å². The number of thioether (sulfide) groups is 1. The molecule has 1 amide bonds. The van der Waals surface area contributed by atoms with E-state index in [1.54, 1.807) is 21.1 Å². The Labute approximate surface area is 173 Å². The van der Waals surface area contributed by atoms with Crippen molar-refractivity contribution in [1.82, 2.24) is 29.6 Å². The number of benzene rings is 1. The number of hydrogen-bond acceptors (Lipinski definition) is 6. The second-order valence-corrected chi connectivity index (χ2v) is 8.18. The smallest absolute Gasteiger partial charge is 0.295 e. The largest absolute Gasteiger partial charge is 0.320 e. The van der Waals surface area contributed by atoms with Crippen molar-refractivity contribution in [3.8, 4) is 5.69 Å². The lowest BCUT2D eigenvalue weighted by atomic mass is 10.2. The van der Waals surface area contributed by atoms with Gasteiger partial charge in [0.25, 0.3) is 5.56 Å². The number of nitrogens with zero attached hydrogens (tertiary/aromatic N) is 6. The lowest BCUT2D eigenvalue weighted by Crippen LogP contribution is -2.23. The molecule has 154 valence electrons. The maximum absolute atomic E-state index is 12.8. The summed E-state index contributed by atoms with van der Waals surface area (Å²) in [5.41, 5.74) is 1.49. The first kappa shape index (κ1) is 20.8. The lowest BCUT2D eigenvalue weighted by molar-refractivity contribution is -0.115. The van der Waals surface area contributed by atoms with Gasteiger partial charge in [-0.25, -0.2) is 9.36 Å². The number of nitrogens with one attached hydrogen (secondary N) is 1. The number of para-hydroxylation sites is 1. The molecular weight excluding hydrogens is 390 g/mol. The van der Waals surface area contributed by atoms with Gasteiger partial charge in [-0.15, -0.1) is 5.10 Å². The van der Waals surface area contributed by atoms with Crippen molar-refractivity contribution in [3.05, 3.63) is 46.4 Å². The van der Waals surface area contributed by atoms with Gasteiger partial charge in [-0.1, -0.05) is 43.8 Å². The van der Waals surface area contributed by atoms with Gasteiger partial charge in [0.05, 0.1) is 11.4 Å². The minimum atomic E-state index is -0.252. The van der Waals surface area contributed by atoms with E-state index in [4.69, 9.17) is 0 Å². The summed E-state index contributed by atoms with van der Waals surface area (Å²) in [6.45, 7) is 6.72. The van der Waals surface area contributed by atoms with Crippen LogP contribution in [0.5, 0.6) is 0 Å². The number of amides is 1. The van der Waals surface area contributed by atoms with Gasteiger partial charge in [-0.2, -0.15) is 0 Å². The third kappa shape index (κ3) is 4.76. The van der Waals surface area contributed by atoms with Crippen molar-refractivity contribution in [2.75, 3.05) is 11.1 Å². The van der Waals surface area contributed by atoms with E-state index >= 15 is 0 Å². The molecule has 3 aromatic rings. The average Bonchev–Trinajstić information content (AvgIpc) is 3.20. The van der Waals surface area contributed by atoms with Gasteiger partial charge in [-0.05, 0) is 35.4 Å². The third-order valence-corrected chi connectivity index (χ3v) is 5.37. The van der Waals surface area contributed by atoms with Gasteiger partial charge >= 0.3 is 0 Å².